The Balaban J connectivity index is 1.50. The number of hydrogen-bond donors (Lipinski definition) is 0. The van der Waals surface area contributed by atoms with Crippen molar-refractivity contribution in [1.29, 1.82) is 0 Å². The van der Waals surface area contributed by atoms with Gasteiger partial charge in [-0.05, 0) is 78.1 Å². The van der Waals surface area contributed by atoms with E-state index < -0.39 is 0 Å². The number of aryl methyl sites for hydroxylation is 1. The lowest BCUT2D eigenvalue weighted by Gasteiger charge is -2.28. The van der Waals surface area contributed by atoms with Gasteiger partial charge in [0, 0.05) is 22.5 Å². The summed E-state index contributed by atoms with van der Waals surface area (Å²) in [4.78, 5) is 4.80. The Labute approximate surface area is 201 Å². The van der Waals surface area contributed by atoms with E-state index in [-0.39, 0.29) is 0 Å². The second-order valence-corrected chi connectivity index (χ2v) is 10.00. The van der Waals surface area contributed by atoms with Gasteiger partial charge in [-0.3, -0.25) is 4.98 Å². The Bertz CT molecular complexity index is 1460. The van der Waals surface area contributed by atoms with Crippen molar-refractivity contribution >= 4 is 21.9 Å². The van der Waals surface area contributed by atoms with E-state index in [4.69, 9.17) is 9.40 Å². The van der Waals surface area contributed by atoms with Gasteiger partial charge in [0.25, 0.3) is 0 Å². The molecule has 0 saturated heterocycles. The summed E-state index contributed by atoms with van der Waals surface area (Å²) in [6, 6.07) is 26.0. The standard InChI is InChI=1S/C32H31NO/c1-21-18-28(24-12-7-4-8-13-24)31-27-15-9-14-26(32(27)34-30(31)19-21)29-20-25(16-17-33-29)22(2)23-10-5-3-6-11-23/h4,7-9,12-20,22-23H,3,5-6,10-11H2,1-2H3. The van der Waals surface area contributed by atoms with Gasteiger partial charge in [0.15, 0.2) is 0 Å². The molecule has 1 aliphatic carbocycles. The number of furan rings is 1. The van der Waals surface area contributed by atoms with Crippen molar-refractivity contribution in [3.63, 3.8) is 0 Å². The zero-order valence-electron chi connectivity index (χ0n) is 20.1. The highest BCUT2D eigenvalue weighted by molar-refractivity contribution is 6.15. The Morgan fingerprint density at radius 2 is 1.68 bits per heavy atom. The second kappa shape index (κ2) is 8.76. The maximum absolute atomic E-state index is 6.56. The third-order valence-corrected chi connectivity index (χ3v) is 7.77. The normalized spacial score (nSPS) is 15.7. The van der Waals surface area contributed by atoms with E-state index >= 15 is 0 Å². The topological polar surface area (TPSA) is 26.0 Å². The Morgan fingerprint density at radius 3 is 2.50 bits per heavy atom. The third kappa shape index (κ3) is 3.72. The van der Waals surface area contributed by atoms with Crippen molar-refractivity contribution in [2.75, 3.05) is 0 Å². The Morgan fingerprint density at radius 1 is 0.853 bits per heavy atom. The Hall–Kier alpha value is -3.39. The van der Waals surface area contributed by atoms with Crippen LogP contribution in [0.15, 0.2) is 83.4 Å². The molecule has 1 unspecified atom stereocenters. The smallest absolute Gasteiger partial charge is 0.144 e. The first-order valence-electron chi connectivity index (χ1n) is 12.7. The molecule has 3 aromatic carbocycles. The Kier molecular flexibility index (Phi) is 5.45. The van der Waals surface area contributed by atoms with E-state index in [1.807, 2.05) is 6.20 Å². The molecule has 0 bridgehead atoms. The van der Waals surface area contributed by atoms with Gasteiger partial charge in [0.1, 0.15) is 11.2 Å². The SMILES string of the molecule is Cc1cc(-c2ccccc2)c2c(c1)oc1c(-c3cc(C(C)C4CCCCC4)ccn3)cccc12. The number of pyridine rings is 1. The van der Waals surface area contributed by atoms with E-state index in [2.05, 4.69) is 86.6 Å². The molecule has 0 spiro atoms. The predicted molar refractivity (Wildman–Crippen MR) is 142 cm³/mol. The van der Waals surface area contributed by atoms with Crippen LogP contribution in [0.1, 0.15) is 56.1 Å². The fourth-order valence-corrected chi connectivity index (χ4v) is 5.90. The van der Waals surface area contributed by atoms with Crippen LogP contribution in [0.4, 0.5) is 0 Å². The van der Waals surface area contributed by atoms with Crippen LogP contribution in [-0.2, 0) is 0 Å². The molecule has 0 radical (unpaired) electrons. The van der Waals surface area contributed by atoms with Crippen LogP contribution in [0, 0.1) is 12.8 Å². The van der Waals surface area contributed by atoms with Crippen molar-refractivity contribution < 1.29 is 4.42 Å². The maximum Gasteiger partial charge on any atom is 0.144 e. The average molecular weight is 446 g/mol. The van der Waals surface area contributed by atoms with E-state index in [1.165, 1.54) is 59.7 Å². The molecule has 1 aliphatic rings. The molecule has 6 rings (SSSR count). The van der Waals surface area contributed by atoms with Crippen LogP contribution >= 0.6 is 0 Å². The maximum atomic E-state index is 6.56. The minimum atomic E-state index is 0.559. The van der Waals surface area contributed by atoms with Gasteiger partial charge in [-0.2, -0.15) is 0 Å². The number of hydrogen-bond acceptors (Lipinski definition) is 2. The van der Waals surface area contributed by atoms with Crippen molar-refractivity contribution in [3.8, 4) is 22.4 Å². The van der Waals surface area contributed by atoms with E-state index in [9.17, 15) is 0 Å². The molecule has 1 fully saturated rings. The molecule has 1 atom stereocenters. The van der Waals surface area contributed by atoms with Crippen LogP contribution in [0.25, 0.3) is 44.3 Å². The molecule has 0 N–H and O–H groups in total. The summed E-state index contributed by atoms with van der Waals surface area (Å²) in [5.74, 6) is 1.34. The quantitative estimate of drug-likeness (QED) is 0.275. The van der Waals surface area contributed by atoms with Crippen molar-refractivity contribution in [2.24, 2.45) is 5.92 Å². The van der Waals surface area contributed by atoms with Crippen LogP contribution in [0.2, 0.25) is 0 Å². The molecule has 0 amide bonds. The van der Waals surface area contributed by atoms with Gasteiger partial charge in [-0.25, -0.2) is 0 Å². The highest BCUT2D eigenvalue weighted by Crippen LogP contribution is 2.42. The summed E-state index contributed by atoms with van der Waals surface area (Å²) >= 11 is 0. The number of nitrogens with zero attached hydrogens (tertiary/aromatic N) is 1. The summed E-state index contributed by atoms with van der Waals surface area (Å²) in [6.07, 6.45) is 8.80. The molecule has 170 valence electrons. The zero-order chi connectivity index (χ0) is 23.1. The molecule has 1 saturated carbocycles. The van der Waals surface area contributed by atoms with E-state index in [0.29, 0.717) is 5.92 Å². The summed E-state index contributed by atoms with van der Waals surface area (Å²) in [7, 11) is 0. The molecule has 0 aliphatic heterocycles. The van der Waals surface area contributed by atoms with E-state index in [0.717, 1.165) is 33.7 Å². The van der Waals surface area contributed by atoms with Gasteiger partial charge < -0.3 is 4.42 Å². The van der Waals surface area contributed by atoms with Gasteiger partial charge >= 0.3 is 0 Å². The third-order valence-electron chi connectivity index (χ3n) is 7.77. The van der Waals surface area contributed by atoms with Crippen LogP contribution in [0.3, 0.4) is 0 Å². The van der Waals surface area contributed by atoms with Crippen molar-refractivity contribution in [1.82, 2.24) is 4.98 Å². The number of benzene rings is 3. The summed E-state index contributed by atoms with van der Waals surface area (Å²) < 4.78 is 6.56. The average Bonchev–Trinajstić information content (AvgIpc) is 3.27. The van der Waals surface area contributed by atoms with Gasteiger partial charge in [-0.1, -0.05) is 74.7 Å². The lowest BCUT2D eigenvalue weighted by atomic mass is 9.78. The van der Waals surface area contributed by atoms with Crippen molar-refractivity contribution in [3.05, 3.63) is 90.1 Å². The monoisotopic (exact) mass is 445 g/mol. The lowest BCUT2D eigenvalue weighted by molar-refractivity contribution is 0.316. The van der Waals surface area contributed by atoms with Gasteiger partial charge in [0.05, 0.1) is 5.69 Å². The fraction of sp³-hybridized carbons (Fsp3) is 0.281. The molecule has 5 aromatic rings. The summed E-state index contributed by atoms with van der Waals surface area (Å²) in [6.45, 7) is 4.53. The van der Waals surface area contributed by atoms with Crippen LogP contribution in [0.5, 0.6) is 0 Å². The van der Waals surface area contributed by atoms with E-state index in [1.54, 1.807) is 0 Å². The predicted octanol–water partition coefficient (Wildman–Crippen LogP) is 9.31. The summed E-state index contributed by atoms with van der Waals surface area (Å²) in [5.41, 5.74) is 8.97. The first-order valence-corrected chi connectivity index (χ1v) is 12.7. The minimum absolute atomic E-state index is 0.559. The van der Waals surface area contributed by atoms with Crippen molar-refractivity contribution in [2.45, 2.75) is 51.9 Å². The fourth-order valence-electron chi connectivity index (χ4n) is 5.90. The number of para-hydroxylation sites is 1. The molecule has 2 aromatic heterocycles. The molecular formula is C32H31NO. The molecular weight excluding hydrogens is 414 g/mol. The van der Waals surface area contributed by atoms with Crippen LogP contribution in [-0.4, -0.2) is 4.98 Å². The number of fused-ring (bicyclic) bond motifs is 3. The van der Waals surface area contributed by atoms with Gasteiger partial charge in [-0.15, -0.1) is 0 Å². The van der Waals surface area contributed by atoms with Gasteiger partial charge in [0.2, 0.25) is 0 Å². The van der Waals surface area contributed by atoms with Crippen LogP contribution < -0.4 is 0 Å². The molecule has 2 heteroatoms. The molecule has 2 nitrogen and oxygen atoms in total. The molecule has 34 heavy (non-hydrogen) atoms. The molecule has 2 heterocycles. The zero-order valence-corrected chi connectivity index (χ0v) is 20.1. The lowest BCUT2D eigenvalue weighted by Crippen LogP contribution is -2.14. The minimum Gasteiger partial charge on any atom is -0.455 e. The largest absolute Gasteiger partial charge is 0.455 e. The number of rotatable bonds is 4. The first-order chi connectivity index (χ1) is 16.7. The highest BCUT2D eigenvalue weighted by atomic mass is 16.3. The first kappa shape index (κ1) is 21.2. The highest BCUT2D eigenvalue weighted by Gasteiger charge is 2.22. The summed E-state index contributed by atoms with van der Waals surface area (Å²) in [5, 5.41) is 2.33. The number of aromatic nitrogens is 1. The second-order valence-electron chi connectivity index (χ2n) is 10.00.